The van der Waals surface area contributed by atoms with Crippen LogP contribution in [0.3, 0.4) is 0 Å². The van der Waals surface area contributed by atoms with E-state index in [1.807, 2.05) is 48.3 Å². The van der Waals surface area contributed by atoms with Crippen LogP contribution in [-0.4, -0.2) is 45.8 Å². The van der Waals surface area contributed by atoms with E-state index in [1.165, 1.54) is 0 Å². The third-order valence-electron chi connectivity index (χ3n) is 5.32. The summed E-state index contributed by atoms with van der Waals surface area (Å²) in [6.45, 7) is 2.82. The molecule has 0 unspecified atom stereocenters. The van der Waals surface area contributed by atoms with Crippen molar-refractivity contribution in [3.63, 3.8) is 0 Å². The number of imidazole rings is 1. The summed E-state index contributed by atoms with van der Waals surface area (Å²) >= 11 is 0. The Balaban J connectivity index is 1.56. The molecule has 154 valence electrons. The van der Waals surface area contributed by atoms with Gasteiger partial charge in [-0.2, -0.15) is 10.2 Å². The molecule has 2 aromatic carbocycles. The Bertz CT molecular complexity index is 1270. The summed E-state index contributed by atoms with van der Waals surface area (Å²) in [5.74, 6) is 1.36. The van der Waals surface area contributed by atoms with Gasteiger partial charge in [0.15, 0.2) is 0 Å². The van der Waals surface area contributed by atoms with Gasteiger partial charge in [-0.3, -0.25) is 0 Å². The summed E-state index contributed by atoms with van der Waals surface area (Å²) in [5, 5.41) is 12.4. The summed E-state index contributed by atoms with van der Waals surface area (Å²) in [7, 11) is 1.98. The molecule has 0 amide bonds. The fraction of sp³-hybridized carbons (Fsp3) is 0.217. The molecule has 2 aromatic heterocycles. The summed E-state index contributed by atoms with van der Waals surface area (Å²) in [6, 6.07) is 17.5. The fourth-order valence-corrected chi connectivity index (χ4v) is 3.61. The largest absolute Gasteiger partial charge is 0.378 e. The van der Waals surface area contributed by atoms with Crippen LogP contribution in [0.4, 0.5) is 17.5 Å². The SMILES string of the molecule is Cn1cnc2ccc(-c3cc(Nc4ccc(C#N)cc4)nc(N4CCOCC4)n3)cc21. The van der Waals surface area contributed by atoms with Crippen molar-refractivity contribution in [3.05, 3.63) is 60.4 Å². The molecule has 1 aliphatic rings. The van der Waals surface area contributed by atoms with Crippen LogP contribution in [0.15, 0.2) is 54.9 Å². The van der Waals surface area contributed by atoms with Gasteiger partial charge < -0.3 is 19.5 Å². The molecule has 4 aromatic rings. The fourth-order valence-electron chi connectivity index (χ4n) is 3.61. The number of aryl methyl sites for hydroxylation is 1. The van der Waals surface area contributed by atoms with E-state index in [4.69, 9.17) is 20.0 Å². The Morgan fingerprint density at radius 2 is 1.84 bits per heavy atom. The number of nitriles is 1. The molecule has 1 fully saturated rings. The van der Waals surface area contributed by atoms with E-state index in [-0.39, 0.29) is 0 Å². The van der Waals surface area contributed by atoms with Crippen molar-refractivity contribution >= 4 is 28.5 Å². The number of rotatable bonds is 4. The number of nitrogens with one attached hydrogen (secondary N) is 1. The number of aromatic nitrogens is 4. The average Bonchev–Trinajstić information content (AvgIpc) is 3.20. The number of morpholine rings is 1. The van der Waals surface area contributed by atoms with Gasteiger partial charge in [0.05, 0.1) is 47.9 Å². The van der Waals surface area contributed by atoms with Gasteiger partial charge in [0.1, 0.15) is 5.82 Å². The van der Waals surface area contributed by atoms with Gasteiger partial charge in [-0.05, 0) is 36.4 Å². The average molecular weight is 411 g/mol. The molecule has 31 heavy (non-hydrogen) atoms. The molecule has 1 N–H and O–H groups in total. The van der Waals surface area contributed by atoms with Crippen molar-refractivity contribution in [2.45, 2.75) is 0 Å². The molecular weight excluding hydrogens is 390 g/mol. The highest BCUT2D eigenvalue weighted by Crippen LogP contribution is 2.27. The predicted octanol–water partition coefficient (Wildman–Crippen LogP) is 3.48. The van der Waals surface area contributed by atoms with Crippen LogP contribution in [0.25, 0.3) is 22.3 Å². The van der Waals surface area contributed by atoms with E-state index < -0.39 is 0 Å². The van der Waals surface area contributed by atoms with Crippen LogP contribution in [0.5, 0.6) is 0 Å². The summed E-state index contributed by atoms with van der Waals surface area (Å²) < 4.78 is 7.49. The van der Waals surface area contributed by atoms with E-state index in [0.29, 0.717) is 30.5 Å². The number of nitrogens with zero attached hydrogens (tertiary/aromatic N) is 6. The molecule has 1 saturated heterocycles. The van der Waals surface area contributed by atoms with Crippen LogP contribution in [-0.2, 0) is 11.8 Å². The zero-order valence-electron chi connectivity index (χ0n) is 17.1. The standard InChI is InChI=1S/C23H21N7O/c1-29-15-25-19-7-4-17(12-21(19)29)20-13-22(26-18-5-2-16(14-24)3-6-18)28-23(27-20)30-8-10-31-11-9-30/h2-7,12-13,15H,8-11H2,1H3,(H,26,27,28). The second-order valence-electron chi connectivity index (χ2n) is 7.41. The normalized spacial score (nSPS) is 13.9. The number of ether oxygens (including phenoxy) is 1. The maximum absolute atomic E-state index is 9.03. The van der Waals surface area contributed by atoms with Crippen LogP contribution >= 0.6 is 0 Å². The van der Waals surface area contributed by atoms with E-state index in [9.17, 15) is 0 Å². The molecule has 0 spiro atoms. The Morgan fingerprint density at radius 1 is 1.03 bits per heavy atom. The maximum Gasteiger partial charge on any atom is 0.228 e. The van der Waals surface area contributed by atoms with E-state index in [1.54, 1.807) is 12.1 Å². The Morgan fingerprint density at radius 3 is 2.61 bits per heavy atom. The number of fused-ring (bicyclic) bond motifs is 1. The summed E-state index contributed by atoms with van der Waals surface area (Å²) in [6.07, 6.45) is 1.81. The van der Waals surface area contributed by atoms with Gasteiger partial charge in [0, 0.05) is 37.5 Å². The van der Waals surface area contributed by atoms with Crippen LogP contribution < -0.4 is 10.2 Å². The molecule has 0 saturated carbocycles. The molecule has 3 heterocycles. The van der Waals surface area contributed by atoms with Crippen molar-refractivity contribution < 1.29 is 4.74 Å². The quantitative estimate of drug-likeness (QED) is 0.550. The molecular formula is C23H21N7O. The molecule has 8 heteroatoms. The Hall–Kier alpha value is -3.96. The Labute approximate surface area is 179 Å². The maximum atomic E-state index is 9.03. The first-order chi connectivity index (χ1) is 15.2. The molecule has 0 radical (unpaired) electrons. The first kappa shape index (κ1) is 19.0. The van der Waals surface area contributed by atoms with Gasteiger partial charge in [0.2, 0.25) is 5.95 Å². The van der Waals surface area contributed by atoms with Gasteiger partial charge in [-0.25, -0.2) is 9.97 Å². The van der Waals surface area contributed by atoms with Crippen molar-refractivity contribution in [3.8, 4) is 17.3 Å². The minimum Gasteiger partial charge on any atom is -0.378 e. The number of hydrogen-bond acceptors (Lipinski definition) is 7. The predicted molar refractivity (Wildman–Crippen MR) is 119 cm³/mol. The summed E-state index contributed by atoms with van der Waals surface area (Å²) in [5.41, 5.74) is 5.30. The van der Waals surface area contributed by atoms with Gasteiger partial charge in [-0.15, -0.1) is 0 Å². The molecule has 1 aliphatic heterocycles. The lowest BCUT2D eigenvalue weighted by Gasteiger charge is -2.27. The zero-order valence-corrected chi connectivity index (χ0v) is 17.1. The second-order valence-corrected chi connectivity index (χ2v) is 7.41. The highest BCUT2D eigenvalue weighted by molar-refractivity contribution is 5.82. The number of anilines is 3. The van der Waals surface area contributed by atoms with Crippen molar-refractivity contribution in [2.75, 3.05) is 36.5 Å². The van der Waals surface area contributed by atoms with Crippen molar-refractivity contribution in [1.82, 2.24) is 19.5 Å². The number of hydrogen-bond donors (Lipinski definition) is 1. The van der Waals surface area contributed by atoms with E-state index in [0.717, 1.165) is 41.1 Å². The third kappa shape index (κ3) is 3.91. The van der Waals surface area contributed by atoms with Crippen molar-refractivity contribution in [2.24, 2.45) is 7.05 Å². The van der Waals surface area contributed by atoms with Gasteiger partial charge in [-0.1, -0.05) is 6.07 Å². The second kappa shape index (κ2) is 8.05. The monoisotopic (exact) mass is 411 g/mol. The number of benzene rings is 2. The van der Waals surface area contributed by atoms with E-state index >= 15 is 0 Å². The smallest absolute Gasteiger partial charge is 0.228 e. The summed E-state index contributed by atoms with van der Waals surface area (Å²) in [4.78, 5) is 16.2. The highest BCUT2D eigenvalue weighted by atomic mass is 16.5. The van der Waals surface area contributed by atoms with Crippen LogP contribution in [0.2, 0.25) is 0 Å². The zero-order chi connectivity index (χ0) is 21.2. The van der Waals surface area contributed by atoms with Crippen LogP contribution in [0.1, 0.15) is 5.56 Å². The van der Waals surface area contributed by atoms with Crippen molar-refractivity contribution in [1.29, 1.82) is 5.26 Å². The highest BCUT2D eigenvalue weighted by Gasteiger charge is 2.17. The first-order valence-corrected chi connectivity index (χ1v) is 10.1. The lowest BCUT2D eigenvalue weighted by Crippen LogP contribution is -2.37. The first-order valence-electron chi connectivity index (χ1n) is 10.1. The molecule has 8 nitrogen and oxygen atoms in total. The Kier molecular flexibility index (Phi) is 4.94. The minimum absolute atomic E-state index is 0.618. The van der Waals surface area contributed by atoms with Crippen LogP contribution in [0, 0.1) is 11.3 Å². The minimum atomic E-state index is 0.618. The van der Waals surface area contributed by atoms with Gasteiger partial charge in [0.25, 0.3) is 0 Å². The lowest BCUT2D eigenvalue weighted by atomic mass is 10.1. The molecule has 5 rings (SSSR count). The lowest BCUT2D eigenvalue weighted by molar-refractivity contribution is 0.122. The van der Waals surface area contributed by atoms with Gasteiger partial charge >= 0.3 is 0 Å². The molecule has 0 bridgehead atoms. The molecule has 0 aliphatic carbocycles. The molecule has 0 atom stereocenters. The van der Waals surface area contributed by atoms with E-state index in [2.05, 4.69) is 27.3 Å². The topological polar surface area (TPSA) is 91.9 Å². The third-order valence-corrected chi connectivity index (χ3v) is 5.32.